The lowest BCUT2D eigenvalue weighted by atomic mass is 9.97. The molecule has 0 amide bonds. The highest BCUT2D eigenvalue weighted by molar-refractivity contribution is 6.12. The maximum atomic E-state index is 11.9. The highest BCUT2D eigenvalue weighted by atomic mass is 16.7. The Morgan fingerprint density at radius 1 is 1.37 bits per heavy atom. The summed E-state index contributed by atoms with van der Waals surface area (Å²) in [4.78, 5) is 11.9. The molecule has 5 nitrogen and oxygen atoms in total. The summed E-state index contributed by atoms with van der Waals surface area (Å²) in [6.07, 6.45) is -1.57. The molecule has 1 saturated heterocycles. The van der Waals surface area contributed by atoms with E-state index in [1.807, 2.05) is 30.3 Å². The van der Waals surface area contributed by atoms with E-state index in [-0.39, 0.29) is 12.4 Å². The zero-order valence-electron chi connectivity index (χ0n) is 10.8. The third-order valence-corrected chi connectivity index (χ3v) is 3.88. The van der Waals surface area contributed by atoms with Gasteiger partial charge in [0.25, 0.3) is 0 Å². The number of carbonyl (C=O) groups is 1. The molecule has 0 aromatic heterocycles. The number of ketones is 1. The SMILES string of the molecule is CO[C@H]1O[C@@H]2C(=O)[C@]2(OCc2ccccc2)[C@@]1(C)O. The van der Waals surface area contributed by atoms with Crippen LogP contribution in [-0.4, -0.2) is 41.6 Å². The van der Waals surface area contributed by atoms with Gasteiger partial charge in [0.1, 0.15) is 0 Å². The molecule has 0 spiro atoms. The van der Waals surface area contributed by atoms with Crippen molar-refractivity contribution in [1.82, 2.24) is 0 Å². The molecule has 2 fully saturated rings. The topological polar surface area (TPSA) is 65.0 Å². The normalized spacial score (nSPS) is 40.3. The third-order valence-electron chi connectivity index (χ3n) is 3.88. The van der Waals surface area contributed by atoms with Crippen LogP contribution in [0.1, 0.15) is 12.5 Å². The van der Waals surface area contributed by atoms with Crippen LogP contribution in [-0.2, 0) is 25.6 Å². The van der Waals surface area contributed by atoms with Gasteiger partial charge in [0.05, 0.1) is 6.61 Å². The Kier molecular flexibility index (Phi) is 2.76. The van der Waals surface area contributed by atoms with Crippen LogP contribution < -0.4 is 0 Å². The Balaban J connectivity index is 1.78. The molecule has 5 heteroatoms. The van der Waals surface area contributed by atoms with Crippen LogP contribution in [0, 0.1) is 0 Å². The largest absolute Gasteiger partial charge is 0.381 e. The van der Waals surface area contributed by atoms with Crippen LogP contribution in [0.3, 0.4) is 0 Å². The number of benzene rings is 1. The summed E-state index contributed by atoms with van der Waals surface area (Å²) < 4.78 is 16.1. The first-order valence-corrected chi connectivity index (χ1v) is 6.17. The van der Waals surface area contributed by atoms with Crippen LogP contribution in [0.5, 0.6) is 0 Å². The maximum absolute atomic E-state index is 11.9. The molecule has 1 N–H and O–H groups in total. The molecule has 0 radical (unpaired) electrons. The van der Waals surface area contributed by atoms with Crippen molar-refractivity contribution < 1.29 is 24.1 Å². The first-order valence-electron chi connectivity index (χ1n) is 6.17. The van der Waals surface area contributed by atoms with Crippen molar-refractivity contribution in [2.75, 3.05) is 7.11 Å². The lowest BCUT2D eigenvalue weighted by molar-refractivity contribution is -0.213. The van der Waals surface area contributed by atoms with E-state index in [4.69, 9.17) is 14.2 Å². The number of hydrogen-bond acceptors (Lipinski definition) is 5. The van der Waals surface area contributed by atoms with Gasteiger partial charge in [0, 0.05) is 7.11 Å². The van der Waals surface area contributed by atoms with Gasteiger partial charge in [-0.1, -0.05) is 30.3 Å². The van der Waals surface area contributed by atoms with Gasteiger partial charge in [-0.3, -0.25) is 4.79 Å². The number of rotatable bonds is 4. The minimum Gasteiger partial charge on any atom is -0.381 e. The maximum Gasteiger partial charge on any atom is 0.203 e. The smallest absolute Gasteiger partial charge is 0.203 e. The second-order valence-electron chi connectivity index (χ2n) is 5.11. The summed E-state index contributed by atoms with van der Waals surface area (Å²) >= 11 is 0. The number of Topliss-reactive ketones (excluding diaryl/α,β-unsaturated/α-hetero) is 1. The average molecular weight is 264 g/mol. The number of aliphatic hydroxyl groups is 1. The Morgan fingerprint density at radius 2 is 2.05 bits per heavy atom. The summed E-state index contributed by atoms with van der Waals surface area (Å²) in [5.41, 5.74) is -1.83. The van der Waals surface area contributed by atoms with Crippen LogP contribution in [0.25, 0.3) is 0 Å². The van der Waals surface area contributed by atoms with E-state index >= 15 is 0 Å². The number of carbonyl (C=O) groups excluding carboxylic acids is 1. The zero-order chi connectivity index (χ0) is 13.7. The van der Waals surface area contributed by atoms with Gasteiger partial charge in [-0.15, -0.1) is 0 Å². The summed E-state index contributed by atoms with van der Waals surface area (Å²) in [5, 5.41) is 10.5. The molecular formula is C14H16O5. The first-order chi connectivity index (χ1) is 9.04. The molecule has 1 aromatic rings. The minimum atomic E-state index is -1.47. The molecule has 3 rings (SSSR count). The zero-order valence-corrected chi connectivity index (χ0v) is 10.8. The van der Waals surface area contributed by atoms with Crippen molar-refractivity contribution in [1.29, 1.82) is 0 Å². The van der Waals surface area contributed by atoms with Crippen molar-refractivity contribution in [2.24, 2.45) is 0 Å². The summed E-state index contributed by atoms with van der Waals surface area (Å²) in [6, 6.07) is 9.49. The van der Waals surface area contributed by atoms with E-state index in [1.165, 1.54) is 14.0 Å². The predicted octanol–water partition coefficient (Wildman–Crippen LogP) is 0.647. The van der Waals surface area contributed by atoms with Gasteiger partial charge in [-0.2, -0.15) is 0 Å². The van der Waals surface area contributed by atoms with Gasteiger partial charge in [-0.25, -0.2) is 0 Å². The van der Waals surface area contributed by atoms with E-state index in [0.717, 1.165) is 5.56 Å². The molecule has 1 aliphatic heterocycles. The summed E-state index contributed by atoms with van der Waals surface area (Å²) in [5.74, 6) is -0.221. The molecule has 4 atom stereocenters. The predicted molar refractivity (Wildman–Crippen MR) is 65.3 cm³/mol. The molecule has 1 aliphatic carbocycles. The molecule has 1 heterocycles. The van der Waals surface area contributed by atoms with E-state index in [0.29, 0.717) is 0 Å². The minimum absolute atomic E-state index is 0.221. The number of methoxy groups -OCH3 is 1. The van der Waals surface area contributed by atoms with Crippen molar-refractivity contribution in [2.45, 2.75) is 37.1 Å². The molecule has 1 saturated carbocycles. The molecule has 0 bridgehead atoms. The van der Waals surface area contributed by atoms with Gasteiger partial charge in [-0.05, 0) is 12.5 Å². The average Bonchev–Trinajstić information content (AvgIpc) is 2.90. The molecular weight excluding hydrogens is 248 g/mol. The summed E-state index contributed by atoms with van der Waals surface area (Å²) in [6.45, 7) is 1.76. The highest BCUT2D eigenvalue weighted by Gasteiger charge is 2.84. The van der Waals surface area contributed by atoms with Gasteiger partial charge in [0.15, 0.2) is 23.6 Å². The lowest BCUT2D eigenvalue weighted by Gasteiger charge is -2.31. The standard InChI is InChI=1S/C14H16O5/c1-13(16)12(17-2)19-11-10(15)14(11,13)18-8-9-6-4-3-5-7-9/h3-7,11-12,16H,8H2,1-2H3/t11-,12+,13+,14-/m1/s1. The monoisotopic (exact) mass is 264 g/mol. The Bertz CT molecular complexity index is 498. The van der Waals surface area contributed by atoms with Crippen LogP contribution in [0.15, 0.2) is 30.3 Å². The lowest BCUT2D eigenvalue weighted by Crippen LogP contribution is -2.52. The molecule has 2 aliphatic rings. The Hall–Kier alpha value is -1.27. The number of hydrogen-bond donors (Lipinski definition) is 1. The summed E-state index contributed by atoms with van der Waals surface area (Å²) in [7, 11) is 1.43. The molecule has 102 valence electrons. The van der Waals surface area contributed by atoms with Gasteiger partial charge in [0.2, 0.25) is 5.78 Å². The van der Waals surface area contributed by atoms with Gasteiger partial charge < -0.3 is 19.3 Å². The Labute approximate surface area is 111 Å². The Morgan fingerprint density at radius 3 is 2.68 bits per heavy atom. The fourth-order valence-electron chi connectivity index (χ4n) is 2.71. The van der Waals surface area contributed by atoms with Crippen LogP contribution >= 0.6 is 0 Å². The van der Waals surface area contributed by atoms with E-state index in [9.17, 15) is 9.90 Å². The molecule has 0 unspecified atom stereocenters. The first kappa shape index (κ1) is 12.7. The fraction of sp³-hybridized carbons (Fsp3) is 0.500. The van der Waals surface area contributed by atoms with Crippen LogP contribution in [0.4, 0.5) is 0 Å². The second kappa shape index (κ2) is 4.11. The van der Waals surface area contributed by atoms with E-state index < -0.39 is 23.6 Å². The second-order valence-corrected chi connectivity index (χ2v) is 5.11. The quantitative estimate of drug-likeness (QED) is 0.865. The van der Waals surface area contributed by atoms with Gasteiger partial charge >= 0.3 is 0 Å². The van der Waals surface area contributed by atoms with Crippen molar-refractivity contribution >= 4 is 5.78 Å². The van der Waals surface area contributed by atoms with Crippen molar-refractivity contribution in [3.8, 4) is 0 Å². The molecule has 19 heavy (non-hydrogen) atoms. The van der Waals surface area contributed by atoms with Crippen molar-refractivity contribution in [3.05, 3.63) is 35.9 Å². The van der Waals surface area contributed by atoms with E-state index in [2.05, 4.69) is 0 Å². The number of ether oxygens (including phenoxy) is 3. The number of fused-ring (bicyclic) bond motifs is 1. The molecule has 1 aromatic carbocycles. The fourth-order valence-corrected chi connectivity index (χ4v) is 2.71. The van der Waals surface area contributed by atoms with E-state index in [1.54, 1.807) is 0 Å². The van der Waals surface area contributed by atoms with Crippen molar-refractivity contribution in [3.63, 3.8) is 0 Å². The third kappa shape index (κ3) is 1.59. The van der Waals surface area contributed by atoms with Crippen LogP contribution in [0.2, 0.25) is 0 Å². The highest BCUT2D eigenvalue weighted by Crippen LogP contribution is 2.55.